The fraction of sp³-hybridized carbons (Fsp3) is 0.700. The summed E-state index contributed by atoms with van der Waals surface area (Å²) in [6.07, 6.45) is -0.00300. The number of nitrogens with zero attached hydrogens (tertiary/aromatic N) is 3. The highest BCUT2D eigenvalue weighted by molar-refractivity contribution is 7.80. The molecule has 1 unspecified atom stereocenters. The predicted octanol–water partition coefficient (Wildman–Crippen LogP) is -0.141. The first-order valence-corrected chi connectivity index (χ1v) is 7.48. The lowest BCUT2D eigenvalue weighted by molar-refractivity contribution is -0.135. The molecule has 1 aromatic rings. The van der Waals surface area contributed by atoms with E-state index in [0.717, 1.165) is 0 Å². The largest absolute Gasteiger partial charge is 0.423 e. The van der Waals surface area contributed by atoms with E-state index in [4.69, 9.17) is 8.97 Å². The standard InChI is InChI=1S/C10H13N3O6S/c1-5-11-12-9(18-5)7-3-2-6-4-13(7)10(14)8(6)19-20(15,16)17/h6-8H,2-4H2,1H3,(H,15,16,17)/t6-,7+,8?/m1/s1. The molecule has 0 saturated carbocycles. The number of aryl methyl sites for hydroxylation is 1. The predicted molar refractivity (Wildman–Crippen MR) is 62.6 cm³/mol. The molecule has 3 rings (SSSR count). The molecular formula is C10H13N3O6S. The first-order valence-electron chi connectivity index (χ1n) is 6.11. The van der Waals surface area contributed by atoms with E-state index in [-0.39, 0.29) is 12.0 Å². The Morgan fingerprint density at radius 3 is 2.75 bits per heavy atom. The molecule has 2 fully saturated rings. The quantitative estimate of drug-likeness (QED) is 0.765. The maximum Gasteiger partial charge on any atom is 0.398 e. The number of carbonyl (C=O) groups is 1. The zero-order valence-electron chi connectivity index (χ0n) is 10.6. The molecule has 0 aromatic carbocycles. The van der Waals surface area contributed by atoms with Crippen LogP contribution in [0.5, 0.6) is 0 Å². The van der Waals surface area contributed by atoms with E-state index in [0.29, 0.717) is 31.2 Å². The van der Waals surface area contributed by atoms with Gasteiger partial charge < -0.3 is 9.32 Å². The van der Waals surface area contributed by atoms with Gasteiger partial charge in [0.25, 0.3) is 5.91 Å². The summed E-state index contributed by atoms with van der Waals surface area (Å²) in [5.74, 6) is -0.00279. The fourth-order valence-corrected chi connectivity index (χ4v) is 3.31. The molecule has 9 nitrogen and oxygen atoms in total. The number of carbonyl (C=O) groups excluding carboxylic acids is 1. The molecule has 1 aromatic heterocycles. The third-order valence-electron chi connectivity index (χ3n) is 3.62. The topological polar surface area (TPSA) is 123 Å². The van der Waals surface area contributed by atoms with E-state index in [1.165, 1.54) is 4.90 Å². The molecule has 3 heterocycles. The van der Waals surface area contributed by atoms with E-state index >= 15 is 0 Å². The molecule has 0 spiro atoms. The summed E-state index contributed by atoms with van der Waals surface area (Å²) in [4.78, 5) is 13.7. The van der Waals surface area contributed by atoms with Crippen molar-refractivity contribution in [3.8, 4) is 0 Å². The maximum atomic E-state index is 12.2. The molecule has 110 valence electrons. The highest BCUT2D eigenvalue weighted by Gasteiger charge is 2.50. The van der Waals surface area contributed by atoms with Gasteiger partial charge in [0.05, 0.1) is 0 Å². The van der Waals surface area contributed by atoms with Crippen molar-refractivity contribution in [2.45, 2.75) is 31.9 Å². The normalized spacial score (nSPS) is 30.0. The van der Waals surface area contributed by atoms with Crippen molar-refractivity contribution in [1.29, 1.82) is 0 Å². The Hall–Kier alpha value is -1.52. The molecule has 2 saturated heterocycles. The van der Waals surface area contributed by atoms with Crippen LogP contribution in [0.15, 0.2) is 4.42 Å². The van der Waals surface area contributed by atoms with Crippen LogP contribution in [-0.4, -0.2) is 46.6 Å². The van der Waals surface area contributed by atoms with Crippen LogP contribution in [0, 0.1) is 12.8 Å². The number of piperidine rings is 1. The third kappa shape index (κ3) is 2.30. The zero-order chi connectivity index (χ0) is 14.5. The van der Waals surface area contributed by atoms with Crippen molar-refractivity contribution < 1.29 is 26.4 Å². The average molecular weight is 303 g/mol. The van der Waals surface area contributed by atoms with Gasteiger partial charge in [-0.05, 0) is 12.8 Å². The van der Waals surface area contributed by atoms with Crippen LogP contribution in [0.2, 0.25) is 0 Å². The van der Waals surface area contributed by atoms with Gasteiger partial charge in [0.1, 0.15) is 6.04 Å². The molecule has 20 heavy (non-hydrogen) atoms. The van der Waals surface area contributed by atoms with Crippen LogP contribution in [0.25, 0.3) is 0 Å². The van der Waals surface area contributed by atoms with Gasteiger partial charge in [0, 0.05) is 19.4 Å². The third-order valence-corrected chi connectivity index (χ3v) is 4.08. The van der Waals surface area contributed by atoms with E-state index in [1.807, 2.05) is 0 Å². The molecule has 0 radical (unpaired) electrons. The highest BCUT2D eigenvalue weighted by atomic mass is 32.3. The Morgan fingerprint density at radius 1 is 1.40 bits per heavy atom. The zero-order valence-corrected chi connectivity index (χ0v) is 11.4. The van der Waals surface area contributed by atoms with Crippen LogP contribution < -0.4 is 0 Å². The molecule has 2 aliphatic heterocycles. The Bertz CT molecular complexity index is 641. The monoisotopic (exact) mass is 303 g/mol. The van der Waals surface area contributed by atoms with Crippen LogP contribution >= 0.6 is 0 Å². The molecule has 2 aliphatic rings. The van der Waals surface area contributed by atoms with Gasteiger partial charge in [-0.15, -0.1) is 10.2 Å². The van der Waals surface area contributed by atoms with Crippen molar-refractivity contribution in [2.75, 3.05) is 6.54 Å². The van der Waals surface area contributed by atoms with E-state index < -0.39 is 22.4 Å². The minimum Gasteiger partial charge on any atom is -0.423 e. The summed E-state index contributed by atoms with van der Waals surface area (Å²) in [5.41, 5.74) is 0. The Labute approximate surface area is 114 Å². The summed E-state index contributed by atoms with van der Waals surface area (Å²) < 4.78 is 40.2. The number of aromatic nitrogens is 2. The number of hydrogen-bond donors (Lipinski definition) is 1. The van der Waals surface area contributed by atoms with Crippen molar-refractivity contribution in [2.24, 2.45) is 5.92 Å². The summed E-state index contributed by atoms with van der Waals surface area (Å²) in [6, 6.07) is -0.366. The number of hydrogen-bond acceptors (Lipinski definition) is 7. The second-order valence-electron chi connectivity index (χ2n) is 4.95. The SMILES string of the molecule is Cc1nnc([C@@H]2CC[C@@H]3CN2C(=O)C3OS(=O)(=O)O)o1. The summed E-state index contributed by atoms with van der Waals surface area (Å²) in [7, 11) is -4.66. The molecular weight excluding hydrogens is 290 g/mol. The minimum atomic E-state index is -4.66. The average Bonchev–Trinajstić information content (AvgIpc) is 2.88. The molecule has 1 N–H and O–H groups in total. The highest BCUT2D eigenvalue weighted by Crippen LogP contribution is 2.41. The van der Waals surface area contributed by atoms with Crippen LogP contribution in [0.3, 0.4) is 0 Å². The second kappa shape index (κ2) is 4.50. The molecule has 2 bridgehead atoms. The van der Waals surface area contributed by atoms with Crippen molar-refractivity contribution in [1.82, 2.24) is 15.1 Å². The van der Waals surface area contributed by atoms with Crippen molar-refractivity contribution in [3.63, 3.8) is 0 Å². The molecule has 3 atom stereocenters. The lowest BCUT2D eigenvalue weighted by atomic mass is 9.95. The summed E-state index contributed by atoms with van der Waals surface area (Å²) in [6.45, 7) is 2.00. The Balaban J connectivity index is 1.84. The lowest BCUT2D eigenvalue weighted by Crippen LogP contribution is -2.34. The number of fused-ring (bicyclic) bond motifs is 2. The van der Waals surface area contributed by atoms with E-state index in [1.54, 1.807) is 6.92 Å². The van der Waals surface area contributed by atoms with Crippen LogP contribution in [-0.2, 0) is 19.4 Å². The summed E-state index contributed by atoms with van der Waals surface area (Å²) >= 11 is 0. The second-order valence-corrected chi connectivity index (χ2v) is 6.00. The minimum absolute atomic E-state index is 0.260. The Morgan fingerprint density at radius 2 is 2.15 bits per heavy atom. The van der Waals surface area contributed by atoms with Gasteiger partial charge in [-0.25, -0.2) is 4.18 Å². The number of amides is 1. The van der Waals surface area contributed by atoms with E-state index in [2.05, 4.69) is 14.4 Å². The van der Waals surface area contributed by atoms with Gasteiger partial charge in [-0.2, -0.15) is 8.42 Å². The van der Waals surface area contributed by atoms with Gasteiger partial charge in [-0.1, -0.05) is 0 Å². The Kier molecular flexibility index (Phi) is 3.03. The lowest BCUT2D eigenvalue weighted by Gasteiger charge is -2.29. The first-order chi connectivity index (χ1) is 9.35. The first kappa shape index (κ1) is 13.5. The van der Waals surface area contributed by atoms with Gasteiger partial charge in [0.2, 0.25) is 11.8 Å². The summed E-state index contributed by atoms with van der Waals surface area (Å²) in [5, 5.41) is 7.63. The van der Waals surface area contributed by atoms with Gasteiger partial charge in [-0.3, -0.25) is 9.35 Å². The van der Waals surface area contributed by atoms with Crippen LogP contribution in [0.4, 0.5) is 0 Å². The van der Waals surface area contributed by atoms with Gasteiger partial charge >= 0.3 is 10.4 Å². The van der Waals surface area contributed by atoms with Crippen LogP contribution in [0.1, 0.15) is 30.7 Å². The number of rotatable bonds is 3. The fourth-order valence-electron chi connectivity index (χ4n) is 2.81. The van der Waals surface area contributed by atoms with Crippen molar-refractivity contribution in [3.05, 3.63) is 11.8 Å². The maximum absolute atomic E-state index is 12.2. The van der Waals surface area contributed by atoms with Crippen molar-refractivity contribution >= 4 is 16.3 Å². The molecule has 10 heteroatoms. The van der Waals surface area contributed by atoms with Gasteiger partial charge in [0.15, 0.2) is 6.10 Å². The molecule has 1 amide bonds. The van der Waals surface area contributed by atoms with E-state index in [9.17, 15) is 13.2 Å². The smallest absolute Gasteiger partial charge is 0.398 e. The molecule has 0 aliphatic carbocycles.